The lowest BCUT2D eigenvalue weighted by atomic mass is 10.1. The number of phenolic OH excluding ortho intramolecular Hbond substituents is 2. The third kappa shape index (κ3) is 1.40. The summed E-state index contributed by atoms with van der Waals surface area (Å²) >= 11 is 1.33. The summed E-state index contributed by atoms with van der Waals surface area (Å²) in [5, 5.41) is 19.8. The minimum atomic E-state index is 0.0619. The van der Waals surface area contributed by atoms with Crippen LogP contribution >= 0.6 is 11.3 Å². The summed E-state index contributed by atoms with van der Waals surface area (Å²) in [5.74, 6) is 0.124. The molecule has 2 rings (SSSR count). The number of phenols is 2. The normalized spacial score (nSPS) is 10.3. The van der Waals surface area contributed by atoms with Crippen LogP contribution in [-0.2, 0) is 0 Å². The monoisotopic (exact) mass is 207 g/mol. The van der Waals surface area contributed by atoms with Crippen LogP contribution in [0.25, 0.3) is 10.4 Å². The van der Waals surface area contributed by atoms with E-state index in [0.29, 0.717) is 10.6 Å². The number of thiophene rings is 1. The van der Waals surface area contributed by atoms with E-state index in [2.05, 4.69) is 0 Å². The number of aromatic hydroxyl groups is 2. The molecular formula is C10H9NO2S. The van der Waals surface area contributed by atoms with E-state index in [1.165, 1.54) is 23.5 Å². The number of nitrogens with two attached hydrogens (primary N) is 1. The summed E-state index contributed by atoms with van der Waals surface area (Å²) in [6.45, 7) is 0. The SMILES string of the molecule is Nc1ccc(-c2c(O)cccc2O)s1. The molecule has 14 heavy (non-hydrogen) atoms. The highest BCUT2D eigenvalue weighted by molar-refractivity contribution is 7.19. The third-order valence-electron chi connectivity index (χ3n) is 1.89. The lowest BCUT2D eigenvalue weighted by Gasteiger charge is -2.03. The van der Waals surface area contributed by atoms with Crippen molar-refractivity contribution in [3.05, 3.63) is 30.3 Å². The molecule has 0 fully saturated rings. The van der Waals surface area contributed by atoms with Gasteiger partial charge in [-0.2, -0.15) is 0 Å². The molecule has 1 heterocycles. The molecule has 0 saturated heterocycles. The summed E-state index contributed by atoms with van der Waals surface area (Å²) < 4.78 is 0. The second kappa shape index (κ2) is 3.23. The highest BCUT2D eigenvalue weighted by atomic mass is 32.1. The van der Waals surface area contributed by atoms with Crippen molar-refractivity contribution in [2.45, 2.75) is 0 Å². The molecule has 72 valence electrons. The zero-order valence-electron chi connectivity index (χ0n) is 7.27. The fourth-order valence-electron chi connectivity index (χ4n) is 1.27. The van der Waals surface area contributed by atoms with Crippen LogP contribution in [0.2, 0.25) is 0 Å². The predicted molar refractivity (Wildman–Crippen MR) is 57.5 cm³/mol. The quantitative estimate of drug-likeness (QED) is 0.672. The highest BCUT2D eigenvalue weighted by Gasteiger charge is 2.10. The Morgan fingerprint density at radius 2 is 1.64 bits per heavy atom. The average Bonchev–Trinajstić information content (AvgIpc) is 2.51. The van der Waals surface area contributed by atoms with Crippen LogP contribution in [0.3, 0.4) is 0 Å². The van der Waals surface area contributed by atoms with E-state index >= 15 is 0 Å². The minimum Gasteiger partial charge on any atom is -0.507 e. The molecule has 0 saturated carbocycles. The fourth-order valence-corrected chi connectivity index (χ4v) is 2.11. The molecule has 0 unspecified atom stereocenters. The van der Waals surface area contributed by atoms with E-state index in [4.69, 9.17) is 5.73 Å². The van der Waals surface area contributed by atoms with Crippen molar-refractivity contribution in [2.75, 3.05) is 5.73 Å². The van der Waals surface area contributed by atoms with Gasteiger partial charge in [-0.25, -0.2) is 0 Å². The van der Waals surface area contributed by atoms with Gasteiger partial charge in [0.1, 0.15) is 11.5 Å². The van der Waals surface area contributed by atoms with Gasteiger partial charge < -0.3 is 15.9 Å². The highest BCUT2D eigenvalue weighted by Crippen LogP contribution is 2.40. The maximum atomic E-state index is 9.56. The Hall–Kier alpha value is -1.68. The predicted octanol–water partition coefficient (Wildman–Crippen LogP) is 2.41. The molecule has 0 bridgehead atoms. The summed E-state index contributed by atoms with van der Waals surface area (Å²) in [4.78, 5) is 0.762. The van der Waals surface area contributed by atoms with Crippen molar-refractivity contribution < 1.29 is 10.2 Å². The van der Waals surface area contributed by atoms with Gasteiger partial charge in [-0.05, 0) is 24.3 Å². The summed E-state index contributed by atoms with van der Waals surface area (Å²) in [5.41, 5.74) is 6.01. The molecule has 0 aliphatic carbocycles. The zero-order valence-corrected chi connectivity index (χ0v) is 8.08. The van der Waals surface area contributed by atoms with Gasteiger partial charge in [-0.15, -0.1) is 11.3 Å². The van der Waals surface area contributed by atoms with Crippen molar-refractivity contribution in [3.63, 3.8) is 0 Å². The third-order valence-corrected chi connectivity index (χ3v) is 2.83. The maximum Gasteiger partial charge on any atom is 0.127 e. The van der Waals surface area contributed by atoms with Crippen molar-refractivity contribution >= 4 is 16.3 Å². The molecule has 0 spiro atoms. The fraction of sp³-hybridized carbons (Fsp3) is 0. The van der Waals surface area contributed by atoms with E-state index in [9.17, 15) is 10.2 Å². The van der Waals surface area contributed by atoms with E-state index < -0.39 is 0 Å². The Morgan fingerprint density at radius 1 is 1.00 bits per heavy atom. The lowest BCUT2D eigenvalue weighted by molar-refractivity contribution is 0.454. The number of hydrogen-bond acceptors (Lipinski definition) is 4. The Balaban J connectivity index is 2.61. The van der Waals surface area contributed by atoms with E-state index in [1.54, 1.807) is 18.2 Å². The van der Waals surface area contributed by atoms with Gasteiger partial charge in [-0.3, -0.25) is 0 Å². The Labute approximate surface area is 85.1 Å². The van der Waals surface area contributed by atoms with Crippen LogP contribution < -0.4 is 5.73 Å². The van der Waals surface area contributed by atoms with Crippen LogP contribution in [0.5, 0.6) is 11.5 Å². The molecule has 0 amide bonds. The number of rotatable bonds is 1. The first-order valence-corrected chi connectivity index (χ1v) is 4.87. The van der Waals surface area contributed by atoms with Crippen LogP contribution in [0, 0.1) is 0 Å². The molecule has 4 N–H and O–H groups in total. The smallest absolute Gasteiger partial charge is 0.127 e. The number of hydrogen-bond donors (Lipinski definition) is 3. The maximum absolute atomic E-state index is 9.56. The zero-order chi connectivity index (χ0) is 10.1. The number of nitrogen functional groups attached to an aromatic ring is 1. The van der Waals surface area contributed by atoms with Crippen molar-refractivity contribution in [3.8, 4) is 21.9 Å². The first-order chi connectivity index (χ1) is 6.68. The minimum absolute atomic E-state index is 0.0619. The van der Waals surface area contributed by atoms with Gasteiger partial charge in [0.2, 0.25) is 0 Å². The van der Waals surface area contributed by atoms with Gasteiger partial charge in [0, 0.05) is 4.88 Å². The largest absolute Gasteiger partial charge is 0.507 e. The van der Waals surface area contributed by atoms with Crippen LogP contribution in [0.4, 0.5) is 5.00 Å². The molecule has 3 nitrogen and oxygen atoms in total. The second-order valence-corrected chi connectivity index (χ2v) is 3.99. The van der Waals surface area contributed by atoms with E-state index in [1.807, 2.05) is 0 Å². The first kappa shape index (κ1) is 8.90. The van der Waals surface area contributed by atoms with E-state index in [0.717, 1.165) is 4.88 Å². The average molecular weight is 207 g/mol. The van der Waals surface area contributed by atoms with Crippen LogP contribution in [0.1, 0.15) is 0 Å². The molecule has 1 aromatic carbocycles. The molecular weight excluding hydrogens is 198 g/mol. The molecule has 0 radical (unpaired) electrons. The van der Waals surface area contributed by atoms with Crippen molar-refractivity contribution in [2.24, 2.45) is 0 Å². The van der Waals surface area contributed by atoms with Crippen molar-refractivity contribution in [1.29, 1.82) is 0 Å². The first-order valence-electron chi connectivity index (χ1n) is 4.05. The topological polar surface area (TPSA) is 66.5 Å². The number of anilines is 1. The number of benzene rings is 1. The van der Waals surface area contributed by atoms with Gasteiger partial charge in [0.05, 0.1) is 10.6 Å². The lowest BCUT2D eigenvalue weighted by Crippen LogP contribution is -1.76. The van der Waals surface area contributed by atoms with Gasteiger partial charge in [0.15, 0.2) is 0 Å². The van der Waals surface area contributed by atoms with Crippen LogP contribution in [0.15, 0.2) is 30.3 Å². The second-order valence-electron chi connectivity index (χ2n) is 2.87. The van der Waals surface area contributed by atoms with Gasteiger partial charge >= 0.3 is 0 Å². The Kier molecular flexibility index (Phi) is 2.05. The summed E-state index contributed by atoms with van der Waals surface area (Å²) in [6.07, 6.45) is 0. The Bertz CT molecular complexity index is 445. The molecule has 4 heteroatoms. The molecule has 1 aromatic heterocycles. The molecule has 0 aliphatic rings. The molecule has 0 aliphatic heterocycles. The van der Waals surface area contributed by atoms with Crippen LogP contribution in [-0.4, -0.2) is 10.2 Å². The Morgan fingerprint density at radius 3 is 2.14 bits per heavy atom. The summed E-state index contributed by atoms with van der Waals surface area (Å²) in [6, 6.07) is 8.17. The van der Waals surface area contributed by atoms with Crippen molar-refractivity contribution in [1.82, 2.24) is 0 Å². The molecule has 0 atom stereocenters. The summed E-state index contributed by atoms with van der Waals surface area (Å²) in [7, 11) is 0. The van der Waals surface area contributed by atoms with E-state index in [-0.39, 0.29) is 11.5 Å². The van der Waals surface area contributed by atoms with Gasteiger partial charge in [0.25, 0.3) is 0 Å². The molecule has 2 aromatic rings. The standard InChI is InChI=1S/C10H9NO2S/c11-9-5-4-8(14-9)10-6(12)2-1-3-7(10)13/h1-5,12-13H,11H2. The van der Waals surface area contributed by atoms with Gasteiger partial charge in [-0.1, -0.05) is 6.07 Å².